The van der Waals surface area contributed by atoms with Gasteiger partial charge in [-0.2, -0.15) is 0 Å². The maximum atomic E-state index is 14.9. The van der Waals surface area contributed by atoms with Gasteiger partial charge in [0.15, 0.2) is 0 Å². The molecule has 138 valence electrons. The summed E-state index contributed by atoms with van der Waals surface area (Å²) in [4.78, 5) is 9.14. The molecule has 0 spiro atoms. The molecule has 2 atom stereocenters. The van der Waals surface area contributed by atoms with Crippen molar-refractivity contribution < 1.29 is 4.39 Å². The predicted molar refractivity (Wildman–Crippen MR) is 108 cm³/mol. The van der Waals surface area contributed by atoms with Gasteiger partial charge in [0.2, 0.25) is 0 Å². The summed E-state index contributed by atoms with van der Waals surface area (Å²) < 4.78 is 14.9. The summed E-state index contributed by atoms with van der Waals surface area (Å²) in [6.45, 7) is 2.02. The second-order valence-electron chi connectivity index (χ2n) is 7.82. The van der Waals surface area contributed by atoms with Gasteiger partial charge >= 0.3 is 0 Å². The first-order valence-corrected chi connectivity index (χ1v) is 9.83. The molecule has 0 amide bonds. The van der Waals surface area contributed by atoms with E-state index in [1.807, 2.05) is 42.6 Å². The molecule has 2 fully saturated rings. The van der Waals surface area contributed by atoms with Crippen LogP contribution in [0, 0.1) is 11.7 Å². The number of likely N-dealkylation sites (tertiary alicyclic amines) is 1. The van der Waals surface area contributed by atoms with E-state index < -0.39 is 0 Å². The average Bonchev–Trinajstić information content (AvgIpc) is 3.09. The molecule has 3 nitrogen and oxygen atoms in total. The van der Waals surface area contributed by atoms with E-state index in [9.17, 15) is 4.39 Å². The van der Waals surface area contributed by atoms with E-state index in [1.54, 1.807) is 6.07 Å². The minimum atomic E-state index is -0.127. The third-order valence-corrected chi connectivity index (χ3v) is 6.23. The zero-order valence-corrected chi connectivity index (χ0v) is 15.6. The molecule has 2 aromatic carbocycles. The van der Waals surface area contributed by atoms with Crippen LogP contribution in [-0.4, -0.2) is 36.2 Å². The molecular weight excluding hydrogens is 337 g/mol. The van der Waals surface area contributed by atoms with Crippen molar-refractivity contribution >= 4 is 16.6 Å². The van der Waals surface area contributed by atoms with Crippen molar-refractivity contribution in [3.05, 3.63) is 60.5 Å². The second-order valence-corrected chi connectivity index (χ2v) is 7.82. The van der Waals surface area contributed by atoms with Crippen LogP contribution in [0.15, 0.2) is 54.7 Å². The van der Waals surface area contributed by atoms with E-state index in [1.165, 1.54) is 12.8 Å². The van der Waals surface area contributed by atoms with Gasteiger partial charge in [0.05, 0.1) is 17.4 Å². The molecule has 0 saturated carbocycles. The van der Waals surface area contributed by atoms with Crippen LogP contribution in [0.1, 0.15) is 19.3 Å². The lowest BCUT2D eigenvalue weighted by molar-refractivity contribution is 0.226. The Hall–Kier alpha value is -2.46. The molecule has 2 unspecified atom stereocenters. The lowest BCUT2D eigenvalue weighted by Crippen LogP contribution is -2.50. The first kappa shape index (κ1) is 16.7. The maximum Gasteiger partial charge on any atom is 0.146 e. The number of para-hydroxylation sites is 1. The van der Waals surface area contributed by atoms with E-state index in [-0.39, 0.29) is 5.82 Å². The lowest BCUT2D eigenvalue weighted by Gasteiger charge is -2.42. The molecule has 3 heterocycles. The third kappa shape index (κ3) is 2.79. The van der Waals surface area contributed by atoms with Gasteiger partial charge in [0, 0.05) is 24.7 Å². The smallest absolute Gasteiger partial charge is 0.146 e. The Morgan fingerprint density at radius 3 is 2.85 bits per heavy atom. The fourth-order valence-electron chi connectivity index (χ4n) is 4.96. The summed E-state index contributed by atoms with van der Waals surface area (Å²) in [5, 5.41) is 1.10. The van der Waals surface area contributed by atoms with Crippen molar-refractivity contribution in [1.82, 2.24) is 9.88 Å². The molecule has 4 heteroatoms. The molecule has 2 saturated heterocycles. The van der Waals surface area contributed by atoms with Crippen molar-refractivity contribution in [3.63, 3.8) is 0 Å². The van der Waals surface area contributed by atoms with Crippen molar-refractivity contribution in [1.29, 1.82) is 0 Å². The molecule has 0 radical (unpaired) electrons. The van der Waals surface area contributed by atoms with E-state index >= 15 is 0 Å². The van der Waals surface area contributed by atoms with Crippen molar-refractivity contribution in [2.45, 2.75) is 25.4 Å². The summed E-state index contributed by atoms with van der Waals surface area (Å²) in [6, 6.07) is 15.7. The summed E-state index contributed by atoms with van der Waals surface area (Å²) in [7, 11) is 2.17. The summed E-state index contributed by atoms with van der Waals surface area (Å²) >= 11 is 0. The molecule has 2 aliphatic rings. The number of benzene rings is 2. The topological polar surface area (TPSA) is 19.4 Å². The number of hydrogen-bond donors (Lipinski definition) is 0. The Kier molecular flexibility index (Phi) is 4.09. The number of halogens is 1. The van der Waals surface area contributed by atoms with E-state index in [2.05, 4.69) is 27.9 Å². The minimum absolute atomic E-state index is 0.127. The highest BCUT2D eigenvalue weighted by molar-refractivity contribution is 5.94. The molecule has 0 bridgehead atoms. The number of fused-ring (bicyclic) bond motifs is 2. The fourth-order valence-corrected chi connectivity index (χ4v) is 4.96. The zero-order valence-electron chi connectivity index (χ0n) is 15.6. The third-order valence-electron chi connectivity index (χ3n) is 6.23. The minimum Gasteiger partial charge on any atom is -0.353 e. The number of anilines is 1. The van der Waals surface area contributed by atoms with Crippen molar-refractivity contribution in [3.8, 4) is 11.1 Å². The Bertz CT molecular complexity index is 979. The van der Waals surface area contributed by atoms with Crippen LogP contribution in [-0.2, 0) is 0 Å². The SMILES string of the molecule is CN1CCC2CCCN(c3cc(-c4ccnc5ccccc45)ccc3F)C21. The van der Waals surface area contributed by atoms with Crippen LogP contribution >= 0.6 is 0 Å². The summed E-state index contributed by atoms with van der Waals surface area (Å²) in [6.07, 6.45) is 5.76. The second kappa shape index (κ2) is 6.61. The Morgan fingerprint density at radius 2 is 1.93 bits per heavy atom. The fraction of sp³-hybridized carbons (Fsp3) is 0.348. The quantitative estimate of drug-likeness (QED) is 0.646. The highest BCUT2D eigenvalue weighted by Gasteiger charge is 2.39. The molecular formula is C23H24FN3. The van der Waals surface area contributed by atoms with Crippen molar-refractivity contribution in [2.75, 3.05) is 25.0 Å². The van der Waals surface area contributed by atoms with Gasteiger partial charge in [-0.1, -0.05) is 24.3 Å². The number of piperidine rings is 1. The summed E-state index contributed by atoms with van der Waals surface area (Å²) in [5.41, 5.74) is 3.86. The molecule has 0 N–H and O–H groups in total. The Labute approximate surface area is 159 Å². The van der Waals surface area contributed by atoms with Crippen LogP contribution in [0.3, 0.4) is 0 Å². The monoisotopic (exact) mass is 361 g/mol. The normalized spacial score (nSPS) is 23.0. The highest BCUT2D eigenvalue weighted by Crippen LogP contribution is 2.39. The van der Waals surface area contributed by atoms with Gasteiger partial charge in [-0.05, 0) is 67.6 Å². The number of pyridine rings is 1. The summed E-state index contributed by atoms with van der Waals surface area (Å²) in [5.74, 6) is 0.520. The Balaban J connectivity index is 1.61. The van der Waals surface area contributed by atoms with Crippen LogP contribution in [0.5, 0.6) is 0 Å². The van der Waals surface area contributed by atoms with E-state index in [0.29, 0.717) is 12.1 Å². The van der Waals surface area contributed by atoms with E-state index in [0.717, 1.165) is 47.2 Å². The van der Waals surface area contributed by atoms with Crippen molar-refractivity contribution in [2.24, 2.45) is 5.92 Å². The van der Waals surface area contributed by atoms with Crippen LogP contribution in [0.2, 0.25) is 0 Å². The lowest BCUT2D eigenvalue weighted by atomic mass is 9.93. The molecule has 2 aliphatic heterocycles. The van der Waals surface area contributed by atoms with Crippen LogP contribution < -0.4 is 4.90 Å². The standard InChI is InChI=1S/C23H24FN3/c1-26-14-11-16-5-4-13-27(23(16)26)22-15-17(8-9-20(22)24)18-10-12-25-21-7-3-2-6-19(18)21/h2-3,6-10,12,15-16,23H,4-5,11,13-14H2,1H3. The van der Waals surface area contributed by atoms with Gasteiger partial charge < -0.3 is 4.90 Å². The largest absolute Gasteiger partial charge is 0.353 e. The maximum absolute atomic E-state index is 14.9. The number of aromatic nitrogens is 1. The molecule has 1 aromatic heterocycles. The molecule has 5 rings (SSSR count). The van der Waals surface area contributed by atoms with Gasteiger partial charge in [-0.3, -0.25) is 9.88 Å². The first-order valence-electron chi connectivity index (χ1n) is 9.83. The average molecular weight is 361 g/mol. The number of nitrogens with zero attached hydrogens (tertiary/aromatic N) is 3. The van der Waals surface area contributed by atoms with Gasteiger partial charge in [0.25, 0.3) is 0 Å². The van der Waals surface area contributed by atoms with Gasteiger partial charge in [-0.25, -0.2) is 4.39 Å². The molecule has 27 heavy (non-hydrogen) atoms. The number of hydrogen-bond acceptors (Lipinski definition) is 3. The first-order chi connectivity index (χ1) is 13.2. The zero-order chi connectivity index (χ0) is 18.4. The van der Waals surface area contributed by atoms with E-state index in [4.69, 9.17) is 0 Å². The number of rotatable bonds is 2. The van der Waals surface area contributed by atoms with Crippen LogP contribution in [0.25, 0.3) is 22.0 Å². The predicted octanol–water partition coefficient (Wildman–Crippen LogP) is 4.92. The Morgan fingerprint density at radius 1 is 1.04 bits per heavy atom. The molecule has 0 aliphatic carbocycles. The van der Waals surface area contributed by atoms with Gasteiger partial charge in [-0.15, -0.1) is 0 Å². The highest BCUT2D eigenvalue weighted by atomic mass is 19.1. The molecule has 3 aromatic rings. The van der Waals surface area contributed by atoms with Crippen LogP contribution in [0.4, 0.5) is 10.1 Å². The van der Waals surface area contributed by atoms with Gasteiger partial charge in [0.1, 0.15) is 5.82 Å².